The molecule has 2 rings (SSSR count). The van der Waals surface area contributed by atoms with Gasteiger partial charge < -0.3 is 10.6 Å². The molecule has 0 fully saturated rings. The fourth-order valence-corrected chi connectivity index (χ4v) is 1.56. The highest BCUT2D eigenvalue weighted by molar-refractivity contribution is 5.85. The molecule has 0 aliphatic rings. The van der Waals surface area contributed by atoms with E-state index in [0.29, 0.717) is 6.54 Å². The van der Waals surface area contributed by atoms with Crippen molar-refractivity contribution in [1.82, 2.24) is 4.90 Å². The predicted molar refractivity (Wildman–Crippen MR) is 92.7 cm³/mol. The van der Waals surface area contributed by atoms with Crippen molar-refractivity contribution in [2.45, 2.75) is 13.1 Å². The van der Waals surface area contributed by atoms with E-state index in [2.05, 4.69) is 43.3 Å². The minimum absolute atomic E-state index is 0. The van der Waals surface area contributed by atoms with Gasteiger partial charge in [-0.15, -0.1) is 24.8 Å². The molecule has 112 valence electrons. The summed E-state index contributed by atoms with van der Waals surface area (Å²) >= 11 is 0. The van der Waals surface area contributed by atoms with Crippen LogP contribution in [0.15, 0.2) is 60.7 Å². The van der Waals surface area contributed by atoms with Gasteiger partial charge in [-0.05, 0) is 25.2 Å². The summed E-state index contributed by atoms with van der Waals surface area (Å²) in [5.74, 6) is 0. The molecule has 0 saturated heterocycles. The highest BCUT2D eigenvalue weighted by Gasteiger charge is 1.90. The second-order valence-electron chi connectivity index (χ2n) is 4.41. The van der Waals surface area contributed by atoms with Crippen molar-refractivity contribution in [3.63, 3.8) is 0 Å². The minimum Gasteiger partial charge on any atom is -0.326 e. The second kappa shape index (κ2) is 12.9. The zero-order chi connectivity index (χ0) is 13.2. The molecule has 0 saturated carbocycles. The Morgan fingerprint density at radius 1 is 0.750 bits per heavy atom. The van der Waals surface area contributed by atoms with Crippen LogP contribution in [0.1, 0.15) is 11.1 Å². The van der Waals surface area contributed by atoms with Gasteiger partial charge in [0.25, 0.3) is 0 Å². The fourth-order valence-electron chi connectivity index (χ4n) is 1.56. The lowest BCUT2D eigenvalue weighted by atomic mass is 10.2. The lowest BCUT2D eigenvalue weighted by molar-refractivity contribution is 0.402. The number of hydrogen-bond donors (Lipinski definition) is 1. The van der Waals surface area contributed by atoms with Crippen LogP contribution < -0.4 is 5.73 Å². The molecule has 2 nitrogen and oxygen atoms in total. The largest absolute Gasteiger partial charge is 0.326 e. The maximum Gasteiger partial charge on any atom is 0.0227 e. The van der Waals surface area contributed by atoms with Gasteiger partial charge in [0.05, 0.1) is 0 Å². The van der Waals surface area contributed by atoms with Crippen LogP contribution in [-0.2, 0) is 13.1 Å². The van der Waals surface area contributed by atoms with Crippen LogP contribution in [0.3, 0.4) is 0 Å². The van der Waals surface area contributed by atoms with Gasteiger partial charge >= 0.3 is 0 Å². The summed E-state index contributed by atoms with van der Waals surface area (Å²) in [5, 5.41) is 0. The number of benzene rings is 2. The van der Waals surface area contributed by atoms with Crippen molar-refractivity contribution in [3.05, 3.63) is 71.8 Å². The van der Waals surface area contributed by atoms with Crippen molar-refractivity contribution in [2.24, 2.45) is 5.73 Å². The molecule has 0 amide bonds. The van der Waals surface area contributed by atoms with Crippen LogP contribution >= 0.6 is 24.8 Å². The molecule has 0 atom stereocenters. The third kappa shape index (κ3) is 9.82. The van der Waals surface area contributed by atoms with E-state index in [-0.39, 0.29) is 24.8 Å². The van der Waals surface area contributed by atoms with Gasteiger partial charge in [0.1, 0.15) is 0 Å². The molecular weight excluding hydrogens is 291 g/mol. The summed E-state index contributed by atoms with van der Waals surface area (Å²) in [7, 11) is 4.15. The molecule has 4 heteroatoms. The van der Waals surface area contributed by atoms with E-state index in [1.807, 2.05) is 36.4 Å². The average molecular weight is 315 g/mol. The first-order valence-corrected chi connectivity index (χ1v) is 6.15. The molecule has 2 aromatic carbocycles. The summed E-state index contributed by atoms with van der Waals surface area (Å²) in [6, 6.07) is 20.4. The number of hydrogen-bond acceptors (Lipinski definition) is 2. The van der Waals surface area contributed by atoms with Crippen LogP contribution in [-0.4, -0.2) is 19.0 Å². The molecule has 0 heterocycles. The van der Waals surface area contributed by atoms with Crippen molar-refractivity contribution in [1.29, 1.82) is 0 Å². The Morgan fingerprint density at radius 2 is 1.15 bits per heavy atom. The molecule has 20 heavy (non-hydrogen) atoms. The first kappa shape index (κ1) is 21.2. The number of nitrogens with two attached hydrogens (primary N) is 1. The first-order chi connectivity index (χ1) is 8.72. The molecule has 0 spiro atoms. The Balaban J connectivity index is 0. The molecule has 0 bridgehead atoms. The Labute approximate surface area is 134 Å². The maximum absolute atomic E-state index is 5.35. The third-order valence-corrected chi connectivity index (χ3v) is 2.42. The fraction of sp³-hybridized carbons (Fsp3) is 0.250. The topological polar surface area (TPSA) is 29.3 Å². The van der Waals surface area contributed by atoms with Crippen LogP contribution in [0.25, 0.3) is 0 Å². The SMILES string of the molecule is CN(C)Cc1ccccc1.Cl.Cl.NCc1ccccc1. The monoisotopic (exact) mass is 314 g/mol. The van der Waals surface area contributed by atoms with Gasteiger partial charge in [0.2, 0.25) is 0 Å². The van der Waals surface area contributed by atoms with Gasteiger partial charge in [-0.1, -0.05) is 60.7 Å². The molecule has 0 unspecified atom stereocenters. The minimum atomic E-state index is 0. The van der Waals surface area contributed by atoms with Crippen LogP contribution in [0.5, 0.6) is 0 Å². The predicted octanol–water partition coefficient (Wildman–Crippen LogP) is 3.74. The summed E-state index contributed by atoms with van der Waals surface area (Å²) in [4.78, 5) is 2.16. The lowest BCUT2D eigenvalue weighted by Crippen LogP contribution is -2.10. The third-order valence-electron chi connectivity index (χ3n) is 2.42. The van der Waals surface area contributed by atoms with E-state index in [1.165, 1.54) is 11.1 Å². The summed E-state index contributed by atoms with van der Waals surface area (Å²) in [5.41, 5.74) is 7.91. The van der Waals surface area contributed by atoms with Crippen molar-refractivity contribution in [2.75, 3.05) is 14.1 Å². The zero-order valence-corrected chi connectivity index (χ0v) is 13.7. The molecule has 0 aliphatic heterocycles. The molecule has 2 aromatic rings. The smallest absolute Gasteiger partial charge is 0.0227 e. The van der Waals surface area contributed by atoms with E-state index in [0.717, 1.165) is 6.54 Å². The maximum atomic E-state index is 5.35. The van der Waals surface area contributed by atoms with E-state index < -0.39 is 0 Å². The average Bonchev–Trinajstić information content (AvgIpc) is 2.41. The summed E-state index contributed by atoms with van der Waals surface area (Å²) in [6.45, 7) is 1.67. The molecular formula is C16H24Cl2N2. The van der Waals surface area contributed by atoms with Crippen LogP contribution in [0.4, 0.5) is 0 Å². The Kier molecular flexibility index (Phi) is 13.8. The summed E-state index contributed by atoms with van der Waals surface area (Å²) in [6.07, 6.45) is 0. The van der Waals surface area contributed by atoms with Gasteiger partial charge in [0, 0.05) is 13.1 Å². The van der Waals surface area contributed by atoms with Crippen LogP contribution in [0.2, 0.25) is 0 Å². The van der Waals surface area contributed by atoms with Gasteiger partial charge in [-0.2, -0.15) is 0 Å². The van der Waals surface area contributed by atoms with Gasteiger partial charge in [-0.3, -0.25) is 0 Å². The standard InChI is InChI=1S/C9H13N.C7H9N.2ClH/c1-10(2)8-9-6-4-3-5-7-9;8-6-7-4-2-1-3-5-7;;/h3-7H,8H2,1-2H3;1-5H,6,8H2;2*1H. The second-order valence-corrected chi connectivity index (χ2v) is 4.41. The highest BCUT2D eigenvalue weighted by Crippen LogP contribution is 1.99. The quantitative estimate of drug-likeness (QED) is 0.935. The van der Waals surface area contributed by atoms with Crippen LogP contribution in [0, 0.1) is 0 Å². The normalized spacial score (nSPS) is 8.80. The molecule has 2 N–H and O–H groups in total. The van der Waals surface area contributed by atoms with Gasteiger partial charge in [0.15, 0.2) is 0 Å². The van der Waals surface area contributed by atoms with Crippen molar-refractivity contribution < 1.29 is 0 Å². The van der Waals surface area contributed by atoms with E-state index in [1.54, 1.807) is 0 Å². The summed E-state index contributed by atoms with van der Waals surface area (Å²) < 4.78 is 0. The van der Waals surface area contributed by atoms with Gasteiger partial charge in [-0.25, -0.2) is 0 Å². The number of nitrogens with zero attached hydrogens (tertiary/aromatic N) is 1. The first-order valence-electron chi connectivity index (χ1n) is 6.15. The molecule has 0 aromatic heterocycles. The highest BCUT2D eigenvalue weighted by atomic mass is 35.5. The van der Waals surface area contributed by atoms with Crippen molar-refractivity contribution >= 4 is 24.8 Å². The Morgan fingerprint density at radius 3 is 1.45 bits per heavy atom. The lowest BCUT2D eigenvalue weighted by Gasteiger charge is -2.08. The Hall–Kier alpha value is -1.06. The molecule has 0 radical (unpaired) electrons. The number of halogens is 2. The number of rotatable bonds is 3. The van der Waals surface area contributed by atoms with E-state index >= 15 is 0 Å². The van der Waals surface area contributed by atoms with E-state index in [9.17, 15) is 0 Å². The zero-order valence-electron chi connectivity index (χ0n) is 12.0. The van der Waals surface area contributed by atoms with E-state index in [4.69, 9.17) is 5.73 Å². The molecule has 0 aliphatic carbocycles. The van der Waals surface area contributed by atoms with Crippen molar-refractivity contribution in [3.8, 4) is 0 Å². The Bertz CT molecular complexity index is 419.